The standard InChI is InChI=1S/C18H25/c1-2-3-4-5-7-15-12-13-16-11-10-14-8-6-9-17(14)18(15)16/h10-11H,2-9,12-13H2,1H3. The molecule has 0 unspecified atom stereocenters. The van der Waals surface area contributed by atoms with Crippen LogP contribution in [0.25, 0.3) is 0 Å². The molecule has 0 heterocycles. The van der Waals surface area contributed by atoms with Crippen molar-refractivity contribution in [3.05, 3.63) is 40.3 Å². The van der Waals surface area contributed by atoms with E-state index in [9.17, 15) is 0 Å². The third kappa shape index (κ3) is 2.22. The van der Waals surface area contributed by atoms with Crippen LogP contribution in [0.2, 0.25) is 0 Å². The summed E-state index contributed by atoms with van der Waals surface area (Å²) in [6.07, 6.45) is 13.7. The summed E-state index contributed by atoms with van der Waals surface area (Å²) in [5.74, 6) is 1.79. The number of hydrogen-bond acceptors (Lipinski definition) is 0. The monoisotopic (exact) mass is 241 g/mol. The minimum atomic E-state index is 1.31. The molecule has 0 heteroatoms. The van der Waals surface area contributed by atoms with Gasteiger partial charge in [-0.2, -0.15) is 0 Å². The van der Waals surface area contributed by atoms with E-state index in [1.165, 1.54) is 64.2 Å². The summed E-state index contributed by atoms with van der Waals surface area (Å²) in [6.45, 7) is 2.30. The summed E-state index contributed by atoms with van der Waals surface area (Å²) < 4.78 is 0. The maximum Gasteiger partial charge on any atom is 0.00588 e. The Balaban J connectivity index is 1.72. The normalized spacial score (nSPS) is 18.1. The van der Waals surface area contributed by atoms with Gasteiger partial charge in [0.2, 0.25) is 0 Å². The van der Waals surface area contributed by atoms with Crippen molar-refractivity contribution in [2.75, 3.05) is 0 Å². The van der Waals surface area contributed by atoms with Crippen molar-refractivity contribution < 1.29 is 0 Å². The van der Waals surface area contributed by atoms with Gasteiger partial charge in [0.05, 0.1) is 0 Å². The Bertz CT molecular complexity index is 416. The third-order valence-electron chi connectivity index (χ3n) is 4.75. The van der Waals surface area contributed by atoms with Gasteiger partial charge in [0.1, 0.15) is 0 Å². The van der Waals surface area contributed by atoms with Crippen molar-refractivity contribution in [3.8, 4) is 0 Å². The van der Waals surface area contributed by atoms with Crippen LogP contribution >= 0.6 is 0 Å². The second-order valence-corrected chi connectivity index (χ2v) is 6.01. The molecule has 0 saturated carbocycles. The highest BCUT2D eigenvalue weighted by molar-refractivity contribution is 5.53. The van der Waals surface area contributed by atoms with E-state index in [2.05, 4.69) is 19.1 Å². The van der Waals surface area contributed by atoms with Gasteiger partial charge in [0.15, 0.2) is 0 Å². The Morgan fingerprint density at radius 3 is 2.67 bits per heavy atom. The van der Waals surface area contributed by atoms with E-state index >= 15 is 0 Å². The first-order chi connectivity index (χ1) is 8.90. The van der Waals surface area contributed by atoms with E-state index in [4.69, 9.17) is 0 Å². The Kier molecular flexibility index (Phi) is 3.72. The second kappa shape index (κ2) is 5.47. The molecular formula is C18H25. The fourth-order valence-electron chi connectivity index (χ4n) is 3.79. The fourth-order valence-corrected chi connectivity index (χ4v) is 3.79. The van der Waals surface area contributed by atoms with Crippen molar-refractivity contribution in [1.29, 1.82) is 0 Å². The molecular weight excluding hydrogens is 216 g/mol. The van der Waals surface area contributed by atoms with E-state index in [0.29, 0.717) is 0 Å². The van der Waals surface area contributed by atoms with Gasteiger partial charge in [-0.25, -0.2) is 0 Å². The van der Waals surface area contributed by atoms with Crippen LogP contribution in [0.3, 0.4) is 0 Å². The summed E-state index contributed by atoms with van der Waals surface area (Å²) in [6, 6.07) is 4.82. The van der Waals surface area contributed by atoms with Crippen LogP contribution in [0.1, 0.15) is 74.1 Å². The Labute approximate surface area is 112 Å². The van der Waals surface area contributed by atoms with Crippen LogP contribution in [0.15, 0.2) is 12.1 Å². The van der Waals surface area contributed by atoms with Crippen LogP contribution in [0, 0.1) is 5.92 Å². The zero-order chi connectivity index (χ0) is 12.4. The minimum Gasteiger partial charge on any atom is -0.0654 e. The van der Waals surface area contributed by atoms with Crippen LogP contribution in [0.4, 0.5) is 0 Å². The average Bonchev–Trinajstić information content (AvgIpc) is 3.00. The van der Waals surface area contributed by atoms with E-state index in [-0.39, 0.29) is 0 Å². The molecule has 2 aliphatic rings. The lowest BCUT2D eigenvalue weighted by atomic mass is 9.89. The molecule has 1 aromatic rings. The van der Waals surface area contributed by atoms with E-state index < -0.39 is 0 Å². The van der Waals surface area contributed by atoms with Crippen LogP contribution in [-0.4, -0.2) is 0 Å². The molecule has 18 heavy (non-hydrogen) atoms. The van der Waals surface area contributed by atoms with Crippen LogP contribution < -0.4 is 0 Å². The molecule has 0 bridgehead atoms. The average molecular weight is 241 g/mol. The van der Waals surface area contributed by atoms with Gasteiger partial charge in [-0.3, -0.25) is 0 Å². The molecule has 0 amide bonds. The van der Waals surface area contributed by atoms with Gasteiger partial charge in [-0.15, -0.1) is 0 Å². The Hall–Kier alpha value is -0.780. The fraction of sp³-hybridized carbons (Fsp3) is 0.611. The quantitative estimate of drug-likeness (QED) is 0.635. The molecule has 0 spiro atoms. The van der Waals surface area contributed by atoms with Gasteiger partial charge in [-0.1, -0.05) is 44.7 Å². The highest BCUT2D eigenvalue weighted by Crippen LogP contribution is 2.41. The molecule has 0 N–H and O–H groups in total. The molecule has 1 aromatic carbocycles. The second-order valence-electron chi connectivity index (χ2n) is 6.01. The third-order valence-corrected chi connectivity index (χ3v) is 4.75. The first-order valence-corrected chi connectivity index (χ1v) is 7.89. The maximum absolute atomic E-state index is 2.42. The maximum atomic E-state index is 2.42. The van der Waals surface area contributed by atoms with Crippen molar-refractivity contribution in [1.82, 2.24) is 0 Å². The van der Waals surface area contributed by atoms with E-state index in [1.54, 1.807) is 28.2 Å². The summed E-state index contributed by atoms with van der Waals surface area (Å²) >= 11 is 0. The van der Waals surface area contributed by atoms with Crippen molar-refractivity contribution in [3.63, 3.8) is 0 Å². The van der Waals surface area contributed by atoms with Crippen molar-refractivity contribution in [2.45, 2.75) is 71.1 Å². The predicted octanol–water partition coefficient (Wildman–Crippen LogP) is 5.01. The van der Waals surface area contributed by atoms with Gasteiger partial charge in [0.25, 0.3) is 0 Å². The first kappa shape index (κ1) is 12.3. The number of unbranched alkanes of at least 4 members (excludes halogenated alkanes) is 3. The van der Waals surface area contributed by atoms with E-state index in [1.807, 2.05) is 0 Å². The summed E-state index contributed by atoms with van der Waals surface area (Å²) in [5.41, 5.74) is 6.76. The number of aryl methyl sites for hydroxylation is 2. The zero-order valence-electron chi connectivity index (χ0n) is 11.7. The summed E-state index contributed by atoms with van der Waals surface area (Å²) in [4.78, 5) is 0. The predicted molar refractivity (Wildman–Crippen MR) is 77.9 cm³/mol. The van der Waals surface area contributed by atoms with Crippen LogP contribution in [-0.2, 0) is 19.3 Å². The molecule has 0 aliphatic heterocycles. The van der Waals surface area contributed by atoms with Crippen LogP contribution in [0.5, 0.6) is 0 Å². The van der Waals surface area contributed by atoms with Gasteiger partial charge >= 0.3 is 0 Å². The zero-order valence-corrected chi connectivity index (χ0v) is 11.7. The van der Waals surface area contributed by atoms with Gasteiger partial charge in [0, 0.05) is 5.92 Å². The van der Waals surface area contributed by atoms with Crippen molar-refractivity contribution in [2.24, 2.45) is 0 Å². The minimum absolute atomic E-state index is 1.31. The topological polar surface area (TPSA) is 0 Å². The molecule has 0 nitrogen and oxygen atoms in total. The number of hydrogen-bond donors (Lipinski definition) is 0. The molecule has 0 saturated heterocycles. The number of benzene rings is 1. The Morgan fingerprint density at radius 2 is 1.78 bits per heavy atom. The first-order valence-electron chi connectivity index (χ1n) is 7.89. The molecule has 2 aliphatic carbocycles. The lowest BCUT2D eigenvalue weighted by Gasteiger charge is -2.15. The largest absolute Gasteiger partial charge is 0.0654 e. The molecule has 1 radical (unpaired) electrons. The lowest BCUT2D eigenvalue weighted by Crippen LogP contribution is -2.00. The SMILES string of the molecule is CCCCCC[C]1CCc2ccc3c(c21)CCC3. The smallest absolute Gasteiger partial charge is 0.00588 e. The lowest BCUT2D eigenvalue weighted by molar-refractivity contribution is 0.635. The molecule has 0 aromatic heterocycles. The number of rotatable bonds is 5. The molecule has 0 atom stereocenters. The highest BCUT2D eigenvalue weighted by atomic mass is 14.3. The molecule has 0 fully saturated rings. The Morgan fingerprint density at radius 1 is 0.889 bits per heavy atom. The van der Waals surface area contributed by atoms with Gasteiger partial charge < -0.3 is 0 Å². The molecule has 97 valence electrons. The summed E-state index contributed by atoms with van der Waals surface area (Å²) in [7, 11) is 0. The summed E-state index contributed by atoms with van der Waals surface area (Å²) in [5, 5.41) is 0. The van der Waals surface area contributed by atoms with Crippen molar-refractivity contribution >= 4 is 0 Å². The molecule has 3 rings (SSSR count). The number of fused-ring (bicyclic) bond motifs is 3. The van der Waals surface area contributed by atoms with E-state index in [0.717, 1.165) is 0 Å². The highest BCUT2D eigenvalue weighted by Gasteiger charge is 2.28. The van der Waals surface area contributed by atoms with Gasteiger partial charge in [-0.05, 0) is 60.8 Å².